The van der Waals surface area contributed by atoms with Gasteiger partial charge in [0.1, 0.15) is 12.3 Å². The van der Waals surface area contributed by atoms with E-state index in [-0.39, 0.29) is 11.8 Å². The number of benzene rings is 2. The van der Waals surface area contributed by atoms with Crippen molar-refractivity contribution in [3.8, 4) is 23.0 Å². The van der Waals surface area contributed by atoms with Crippen molar-refractivity contribution < 1.29 is 36.2 Å². The van der Waals surface area contributed by atoms with Gasteiger partial charge in [-0.15, -0.1) is 0 Å². The average Bonchev–Trinajstić information content (AvgIpc) is 2.85. The molecule has 1 amide bonds. The van der Waals surface area contributed by atoms with Crippen molar-refractivity contribution >= 4 is 11.6 Å². The quantitative estimate of drug-likeness (QED) is 0.312. The zero-order valence-corrected chi connectivity index (χ0v) is 20.9. The van der Waals surface area contributed by atoms with Crippen LogP contribution >= 0.6 is 0 Å². The summed E-state index contributed by atoms with van der Waals surface area (Å²) in [7, 11) is 1.38. The predicted molar refractivity (Wildman–Crippen MR) is 131 cm³/mol. The number of hydrogen-bond acceptors (Lipinski definition) is 3. The highest BCUT2D eigenvalue weighted by atomic mass is 19.4. The first kappa shape index (κ1) is 28.7. The number of nitrogens with zero attached hydrogens (tertiary/aromatic N) is 2. The van der Waals surface area contributed by atoms with Crippen LogP contribution < -0.4 is 4.90 Å². The standard InChI is InChI=1S/C28H24F6N2O2/c1-17-8-5-6-10-22(17)23-15-21(9-7-11-37)35-16-24(23)36(4)25(38)26(2,3)18-12-19(27(29,30)31)14-20(13-18)28(32,33)34/h5-6,8,10,12-16,37H,11H2,1-4H3. The van der Waals surface area contributed by atoms with Crippen LogP contribution in [0.1, 0.15) is 41.8 Å². The molecule has 1 N–H and O–H groups in total. The van der Waals surface area contributed by atoms with E-state index in [4.69, 9.17) is 5.11 Å². The van der Waals surface area contributed by atoms with Crippen molar-refractivity contribution in [2.45, 2.75) is 38.5 Å². The van der Waals surface area contributed by atoms with Gasteiger partial charge in [0.2, 0.25) is 5.91 Å². The maximum Gasteiger partial charge on any atom is 0.416 e. The Bertz CT molecular complexity index is 1380. The molecule has 0 atom stereocenters. The van der Waals surface area contributed by atoms with Crippen LogP contribution in [0.3, 0.4) is 0 Å². The zero-order valence-electron chi connectivity index (χ0n) is 20.9. The van der Waals surface area contributed by atoms with Crippen LogP contribution in [0, 0.1) is 18.8 Å². The van der Waals surface area contributed by atoms with Crippen molar-refractivity contribution in [3.63, 3.8) is 0 Å². The minimum Gasteiger partial charge on any atom is -0.384 e. The smallest absolute Gasteiger partial charge is 0.384 e. The molecule has 4 nitrogen and oxygen atoms in total. The molecule has 0 fully saturated rings. The number of aliphatic hydroxyl groups excluding tert-OH is 1. The molecular formula is C28H24F6N2O2. The summed E-state index contributed by atoms with van der Waals surface area (Å²) in [5.41, 5.74) is -2.57. The number of aryl methyl sites for hydroxylation is 1. The largest absolute Gasteiger partial charge is 0.416 e. The molecule has 0 unspecified atom stereocenters. The van der Waals surface area contributed by atoms with E-state index >= 15 is 0 Å². The van der Waals surface area contributed by atoms with Crippen molar-refractivity contribution in [3.05, 3.63) is 82.7 Å². The predicted octanol–water partition coefficient (Wildman–Crippen LogP) is 6.38. The Morgan fingerprint density at radius 1 is 0.921 bits per heavy atom. The highest BCUT2D eigenvalue weighted by Gasteiger charge is 2.41. The molecule has 0 spiro atoms. The second kappa shape index (κ2) is 10.5. The Hall–Kier alpha value is -3.84. The molecule has 1 heterocycles. The number of rotatable bonds is 4. The summed E-state index contributed by atoms with van der Waals surface area (Å²) >= 11 is 0. The van der Waals surface area contributed by atoms with Gasteiger partial charge in [-0.3, -0.25) is 4.79 Å². The second-order valence-corrected chi connectivity index (χ2v) is 9.15. The summed E-state index contributed by atoms with van der Waals surface area (Å²) in [4.78, 5) is 19.1. The molecule has 0 saturated carbocycles. The molecule has 0 aliphatic heterocycles. The lowest BCUT2D eigenvalue weighted by Crippen LogP contribution is -2.42. The molecule has 200 valence electrons. The fourth-order valence-corrected chi connectivity index (χ4v) is 3.97. The van der Waals surface area contributed by atoms with E-state index in [1.54, 1.807) is 18.2 Å². The van der Waals surface area contributed by atoms with Crippen LogP contribution in [-0.4, -0.2) is 29.7 Å². The van der Waals surface area contributed by atoms with Gasteiger partial charge in [-0.05, 0) is 67.6 Å². The zero-order chi connectivity index (χ0) is 28.5. The molecule has 10 heteroatoms. The van der Waals surface area contributed by atoms with Crippen molar-refractivity contribution in [1.29, 1.82) is 0 Å². The third-order valence-electron chi connectivity index (χ3n) is 6.12. The minimum atomic E-state index is -5.05. The number of carbonyl (C=O) groups is 1. The number of anilines is 1. The summed E-state index contributed by atoms with van der Waals surface area (Å²) in [5.74, 6) is 4.42. The van der Waals surface area contributed by atoms with Gasteiger partial charge in [-0.2, -0.15) is 26.3 Å². The maximum absolute atomic E-state index is 13.7. The lowest BCUT2D eigenvalue weighted by molar-refractivity contribution is -0.143. The SMILES string of the molecule is Cc1ccccc1-c1cc(C#CCO)ncc1N(C)C(=O)C(C)(C)c1cc(C(F)(F)F)cc(C(F)(F)F)c1. The van der Waals surface area contributed by atoms with Gasteiger partial charge in [0.15, 0.2) is 0 Å². The van der Waals surface area contributed by atoms with Crippen LogP contribution in [0.4, 0.5) is 32.0 Å². The number of amides is 1. The lowest BCUT2D eigenvalue weighted by atomic mass is 9.81. The normalized spacial score (nSPS) is 12.1. The van der Waals surface area contributed by atoms with E-state index in [0.717, 1.165) is 10.5 Å². The van der Waals surface area contributed by atoms with Crippen LogP contribution in [0.15, 0.2) is 54.7 Å². The molecular weight excluding hydrogens is 510 g/mol. The molecule has 2 aromatic carbocycles. The highest BCUT2D eigenvalue weighted by molar-refractivity contribution is 6.03. The van der Waals surface area contributed by atoms with Crippen LogP contribution in [0.25, 0.3) is 11.1 Å². The van der Waals surface area contributed by atoms with Crippen LogP contribution in [0.2, 0.25) is 0 Å². The molecule has 0 radical (unpaired) electrons. The van der Waals surface area contributed by atoms with Crippen LogP contribution in [-0.2, 0) is 22.6 Å². The third kappa shape index (κ3) is 6.00. The number of hydrogen-bond donors (Lipinski definition) is 1. The Labute approximate surface area is 215 Å². The minimum absolute atomic E-state index is 0.0279. The van der Waals surface area contributed by atoms with Gasteiger partial charge >= 0.3 is 12.4 Å². The first-order chi connectivity index (χ1) is 17.6. The average molecular weight is 535 g/mol. The first-order valence-corrected chi connectivity index (χ1v) is 11.3. The number of carbonyl (C=O) groups excluding carboxylic acids is 1. The topological polar surface area (TPSA) is 53.4 Å². The summed E-state index contributed by atoms with van der Waals surface area (Å²) in [6.07, 6.45) is -8.74. The van der Waals surface area contributed by atoms with E-state index < -0.39 is 47.0 Å². The number of likely N-dealkylation sites (N-methyl/N-ethyl adjacent to an activating group) is 1. The lowest BCUT2D eigenvalue weighted by Gasteiger charge is -2.32. The van der Waals surface area contributed by atoms with Gasteiger partial charge in [0.25, 0.3) is 0 Å². The van der Waals surface area contributed by atoms with E-state index in [0.29, 0.717) is 29.0 Å². The Kier molecular flexibility index (Phi) is 7.94. The van der Waals surface area contributed by atoms with Gasteiger partial charge in [-0.25, -0.2) is 4.98 Å². The number of alkyl halides is 6. The van der Waals surface area contributed by atoms with Gasteiger partial charge in [0.05, 0.1) is 28.4 Å². The van der Waals surface area contributed by atoms with Crippen LogP contribution in [0.5, 0.6) is 0 Å². The Morgan fingerprint density at radius 3 is 2.00 bits per heavy atom. The number of aromatic nitrogens is 1. The molecule has 0 bridgehead atoms. The summed E-state index contributed by atoms with van der Waals surface area (Å²) in [5, 5.41) is 9.02. The van der Waals surface area contributed by atoms with Gasteiger partial charge in [0, 0.05) is 12.6 Å². The molecule has 38 heavy (non-hydrogen) atoms. The Morgan fingerprint density at radius 2 is 1.47 bits per heavy atom. The monoisotopic (exact) mass is 534 g/mol. The molecule has 1 aromatic heterocycles. The van der Waals surface area contributed by atoms with Crippen molar-refractivity contribution in [2.24, 2.45) is 0 Å². The summed E-state index contributed by atoms with van der Waals surface area (Å²) in [6.45, 7) is 3.98. The van der Waals surface area contributed by atoms with Crippen molar-refractivity contribution in [1.82, 2.24) is 4.98 Å². The fraction of sp³-hybridized carbons (Fsp3) is 0.286. The molecule has 0 aliphatic carbocycles. The van der Waals surface area contributed by atoms with E-state index in [9.17, 15) is 31.1 Å². The summed E-state index contributed by atoms with van der Waals surface area (Å²) < 4.78 is 80.7. The molecule has 3 aromatic rings. The number of pyridine rings is 1. The maximum atomic E-state index is 13.7. The summed E-state index contributed by atoms with van der Waals surface area (Å²) in [6, 6.07) is 9.98. The fourth-order valence-electron chi connectivity index (χ4n) is 3.97. The number of halogens is 6. The van der Waals surface area contributed by atoms with E-state index in [1.807, 2.05) is 19.1 Å². The highest BCUT2D eigenvalue weighted by Crippen LogP contribution is 2.40. The second-order valence-electron chi connectivity index (χ2n) is 9.15. The van der Waals surface area contributed by atoms with Crippen molar-refractivity contribution in [2.75, 3.05) is 18.6 Å². The van der Waals surface area contributed by atoms with Gasteiger partial charge < -0.3 is 10.0 Å². The number of aliphatic hydroxyl groups is 1. The first-order valence-electron chi connectivity index (χ1n) is 11.3. The molecule has 0 aliphatic rings. The van der Waals surface area contributed by atoms with Gasteiger partial charge in [-0.1, -0.05) is 30.2 Å². The molecule has 0 saturated heterocycles. The van der Waals surface area contributed by atoms with E-state index in [1.165, 1.54) is 27.1 Å². The third-order valence-corrected chi connectivity index (χ3v) is 6.12. The Balaban J connectivity index is 2.16. The van der Waals surface area contributed by atoms with E-state index in [2.05, 4.69) is 16.8 Å². The molecule has 3 rings (SSSR count).